The van der Waals surface area contributed by atoms with Crippen molar-refractivity contribution in [2.24, 2.45) is 0 Å². The number of aryl methyl sites for hydroxylation is 1. The Morgan fingerprint density at radius 1 is 1.47 bits per heavy atom. The molecule has 81 valence electrons. The summed E-state index contributed by atoms with van der Waals surface area (Å²) in [7, 11) is 1.34. The van der Waals surface area contributed by atoms with Crippen molar-refractivity contribution in [3.05, 3.63) is 41.5 Å². The molecular weight excluding hydrogens is 192 g/mol. The largest absolute Gasteiger partial charge is 0.465 e. The number of carbonyl (C=O) groups is 1. The molecule has 0 aliphatic heterocycles. The van der Waals surface area contributed by atoms with Crippen molar-refractivity contribution in [1.82, 2.24) is 0 Å². The zero-order valence-electron chi connectivity index (χ0n) is 8.99. The number of carbonyl (C=O) groups excluding carboxylic acids is 1. The number of benzene rings is 1. The van der Waals surface area contributed by atoms with E-state index in [2.05, 4.69) is 11.7 Å². The standard InChI is InChI=1S/C12H15O3/c1-3-4-9-5-10(8-13)7-11(6-9)12(14)15-2/h5-8,13H,3-4H2,1-2H3. The zero-order valence-corrected chi connectivity index (χ0v) is 8.99. The van der Waals surface area contributed by atoms with Gasteiger partial charge in [0.25, 0.3) is 0 Å². The minimum Gasteiger partial charge on any atom is -0.465 e. The van der Waals surface area contributed by atoms with Gasteiger partial charge in [0.1, 0.15) is 6.61 Å². The highest BCUT2D eigenvalue weighted by Crippen LogP contribution is 2.14. The van der Waals surface area contributed by atoms with E-state index in [0.717, 1.165) is 25.0 Å². The van der Waals surface area contributed by atoms with Gasteiger partial charge in [-0.2, -0.15) is 0 Å². The predicted octanol–water partition coefficient (Wildman–Crippen LogP) is 2.31. The van der Waals surface area contributed by atoms with E-state index >= 15 is 0 Å². The lowest BCUT2D eigenvalue weighted by molar-refractivity contribution is 0.0600. The van der Waals surface area contributed by atoms with Crippen molar-refractivity contribution in [1.29, 1.82) is 0 Å². The fourth-order valence-corrected chi connectivity index (χ4v) is 1.46. The molecule has 0 saturated heterocycles. The Bertz CT molecular complexity index is 345. The van der Waals surface area contributed by atoms with Crippen LogP contribution in [0.5, 0.6) is 0 Å². The normalized spacial score (nSPS) is 10.1. The Morgan fingerprint density at radius 3 is 2.73 bits per heavy atom. The molecule has 15 heavy (non-hydrogen) atoms. The van der Waals surface area contributed by atoms with Gasteiger partial charge in [0.15, 0.2) is 0 Å². The topological polar surface area (TPSA) is 46.5 Å². The van der Waals surface area contributed by atoms with Crippen LogP contribution in [0.25, 0.3) is 0 Å². The third-order valence-corrected chi connectivity index (χ3v) is 2.12. The van der Waals surface area contributed by atoms with Gasteiger partial charge in [-0.05, 0) is 29.7 Å². The molecule has 0 aliphatic rings. The van der Waals surface area contributed by atoms with Crippen molar-refractivity contribution >= 4 is 5.97 Å². The van der Waals surface area contributed by atoms with E-state index in [1.165, 1.54) is 7.11 Å². The van der Waals surface area contributed by atoms with E-state index in [1.807, 2.05) is 6.07 Å². The van der Waals surface area contributed by atoms with Gasteiger partial charge in [-0.3, -0.25) is 0 Å². The van der Waals surface area contributed by atoms with Crippen LogP contribution in [0.1, 0.15) is 34.8 Å². The van der Waals surface area contributed by atoms with Crippen molar-refractivity contribution in [3.63, 3.8) is 0 Å². The fraction of sp³-hybridized carbons (Fsp3) is 0.333. The van der Waals surface area contributed by atoms with Gasteiger partial charge in [0.05, 0.1) is 12.7 Å². The first-order valence-electron chi connectivity index (χ1n) is 4.91. The summed E-state index contributed by atoms with van der Waals surface area (Å²) in [5.74, 6) is -0.379. The summed E-state index contributed by atoms with van der Waals surface area (Å²) >= 11 is 0. The third kappa shape index (κ3) is 3.06. The van der Waals surface area contributed by atoms with Gasteiger partial charge in [-0.15, -0.1) is 0 Å². The summed E-state index contributed by atoms with van der Waals surface area (Å²) in [5, 5.41) is 8.93. The highest BCUT2D eigenvalue weighted by molar-refractivity contribution is 5.89. The van der Waals surface area contributed by atoms with Crippen LogP contribution in [-0.2, 0) is 11.2 Å². The SMILES string of the molecule is CCCc1cc([CH]O)cc(C(=O)OC)c1. The van der Waals surface area contributed by atoms with Crippen LogP contribution >= 0.6 is 0 Å². The van der Waals surface area contributed by atoms with E-state index in [4.69, 9.17) is 5.11 Å². The number of rotatable bonds is 4. The predicted molar refractivity (Wildman–Crippen MR) is 57.1 cm³/mol. The number of ether oxygens (including phenoxy) is 1. The Hall–Kier alpha value is -1.35. The van der Waals surface area contributed by atoms with Gasteiger partial charge in [-0.1, -0.05) is 19.4 Å². The molecule has 1 aromatic carbocycles. The van der Waals surface area contributed by atoms with Crippen molar-refractivity contribution in [2.75, 3.05) is 7.11 Å². The molecule has 0 spiro atoms. The van der Waals surface area contributed by atoms with Gasteiger partial charge in [0.2, 0.25) is 0 Å². The van der Waals surface area contributed by atoms with Gasteiger partial charge >= 0.3 is 5.97 Å². The smallest absolute Gasteiger partial charge is 0.337 e. The molecule has 1 radical (unpaired) electrons. The lowest BCUT2D eigenvalue weighted by atomic mass is 10.0. The van der Waals surface area contributed by atoms with E-state index in [0.29, 0.717) is 11.1 Å². The molecule has 1 N–H and O–H groups in total. The molecule has 0 aromatic heterocycles. The van der Waals surface area contributed by atoms with Gasteiger partial charge in [-0.25, -0.2) is 4.79 Å². The molecule has 0 bridgehead atoms. The van der Waals surface area contributed by atoms with Crippen LogP contribution in [0.2, 0.25) is 0 Å². The average Bonchev–Trinajstić information content (AvgIpc) is 2.28. The Kier molecular flexibility index (Phi) is 4.31. The molecule has 0 atom stereocenters. The second-order valence-electron chi connectivity index (χ2n) is 3.33. The van der Waals surface area contributed by atoms with Crippen molar-refractivity contribution in [2.45, 2.75) is 19.8 Å². The van der Waals surface area contributed by atoms with Crippen molar-refractivity contribution in [3.8, 4) is 0 Å². The molecule has 0 aliphatic carbocycles. The fourth-order valence-electron chi connectivity index (χ4n) is 1.46. The number of esters is 1. The van der Waals surface area contributed by atoms with Crippen LogP contribution in [-0.4, -0.2) is 18.2 Å². The summed E-state index contributed by atoms with van der Waals surface area (Å²) in [4.78, 5) is 11.3. The molecule has 1 aromatic rings. The number of aliphatic hydroxyl groups excluding tert-OH is 1. The minimum absolute atomic E-state index is 0.379. The zero-order chi connectivity index (χ0) is 11.3. The highest BCUT2D eigenvalue weighted by Gasteiger charge is 2.08. The van der Waals surface area contributed by atoms with Crippen LogP contribution in [0.15, 0.2) is 18.2 Å². The quantitative estimate of drug-likeness (QED) is 0.770. The number of hydrogen-bond donors (Lipinski definition) is 1. The maximum Gasteiger partial charge on any atom is 0.337 e. The molecule has 0 heterocycles. The molecule has 0 saturated carbocycles. The summed E-state index contributed by atoms with van der Waals surface area (Å²) in [5.41, 5.74) is 2.13. The van der Waals surface area contributed by atoms with Crippen LogP contribution in [0.3, 0.4) is 0 Å². The molecular formula is C12H15O3. The summed E-state index contributed by atoms with van der Waals surface area (Å²) in [6.07, 6.45) is 1.88. The van der Waals surface area contributed by atoms with Gasteiger partial charge in [0, 0.05) is 0 Å². The van der Waals surface area contributed by atoms with E-state index in [9.17, 15) is 4.79 Å². The molecule has 0 unspecified atom stereocenters. The average molecular weight is 207 g/mol. The molecule has 3 nitrogen and oxygen atoms in total. The lowest BCUT2D eigenvalue weighted by Gasteiger charge is -2.06. The van der Waals surface area contributed by atoms with Crippen molar-refractivity contribution < 1.29 is 14.6 Å². The molecule has 3 heteroatoms. The summed E-state index contributed by atoms with van der Waals surface area (Å²) < 4.78 is 4.63. The van der Waals surface area contributed by atoms with E-state index < -0.39 is 0 Å². The van der Waals surface area contributed by atoms with E-state index in [-0.39, 0.29) is 5.97 Å². The molecule has 0 fully saturated rings. The maximum atomic E-state index is 11.3. The molecule has 1 rings (SSSR count). The Balaban J connectivity index is 3.05. The summed E-state index contributed by atoms with van der Waals surface area (Å²) in [6, 6.07) is 5.25. The van der Waals surface area contributed by atoms with Crippen LogP contribution < -0.4 is 0 Å². The number of hydrogen-bond acceptors (Lipinski definition) is 3. The Morgan fingerprint density at radius 2 is 2.20 bits per heavy atom. The molecule has 0 amide bonds. The first-order chi connectivity index (χ1) is 7.21. The first kappa shape index (κ1) is 11.7. The van der Waals surface area contributed by atoms with Gasteiger partial charge < -0.3 is 9.84 Å². The summed E-state index contributed by atoms with van der Waals surface area (Å²) in [6.45, 7) is 3.05. The maximum absolute atomic E-state index is 11.3. The van der Waals surface area contributed by atoms with E-state index in [1.54, 1.807) is 12.1 Å². The third-order valence-electron chi connectivity index (χ3n) is 2.12. The minimum atomic E-state index is -0.379. The second-order valence-corrected chi connectivity index (χ2v) is 3.33. The Labute approximate surface area is 89.7 Å². The van der Waals surface area contributed by atoms with Crippen LogP contribution in [0.4, 0.5) is 0 Å². The number of methoxy groups -OCH3 is 1. The second kappa shape index (κ2) is 5.51. The highest BCUT2D eigenvalue weighted by atomic mass is 16.5. The monoisotopic (exact) mass is 207 g/mol. The number of aliphatic hydroxyl groups is 1. The first-order valence-corrected chi connectivity index (χ1v) is 4.91. The lowest BCUT2D eigenvalue weighted by Crippen LogP contribution is -2.03. The van der Waals surface area contributed by atoms with Crippen LogP contribution in [0, 0.1) is 6.61 Å².